The summed E-state index contributed by atoms with van der Waals surface area (Å²) in [5.41, 5.74) is 9.63. The molecule has 0 aliphatic heterocycles. The number of hydrogen-bond acceptors (Lipinski definition) is 5. The van der Waals surface area contributed by atoms with Gasteiger partial charge in [0.1, 0.15) is 11.6 Å². The van der Waals surface area contributed by atoms with E-state index in [0.29, 0.717) is 29.4 Å². The van der Waals surface area contributed by atoms with Crippen LogP contribution in [-0.4, -0.2) is 27.7 Å². The fourth-order valence-corrected chi connectivity index (χ4v) is 3.11. The Morgan fingerprint density at radius 3 is 2.61 bits per heavy atom. The van der Waals surface area contributed by atoms with Gasteiger partial charge in [0.2, 0.25) is 0 Å². The number of phenols is 1. The van der Waals surface area contributed by atoms with Crippen LogP contribution in [-0.2, 0) is 6.42 Å². The monoisotopic (exact) mass is 396 g/mol. The standard InChI is InChI=1S/C22H25ClN4O/c1-3-17(24)13-25-21-18(11-15-7-5-4-6-8-15)14(2)26-22(27-21)19-12-16(23)9-10-20(19)28/h4-10,12,17,28H,3,11,13,24H2,1-2H3,(H,25,26,27). The molecular weight excluding hydrogens is 372 g/mol. The normalized spacial score (nSPS) is 12.0. The third-order valence-corrected chi connectivity index (χ3v) is 4.93. The predicted octanol–water partition coefficient (Wildman–Crippen LogP) is 4.55. The molecule has 3 aromatic rings. The first-order chi connectivity index (χ1) is 13.5. The second kappa shape index (κ2) is 9.04. The molecule has 4 N–H and O–H groups in total. The van der Waals surface area contributed by atoms with Gasteiger partial charge in [0.05, 0.1) is 5.56 Å². The van der Waals surface area contributed by atoms with E-state index in [1.807, 2.05) is 25.1 Å². The van der Waals surface area contributed by atoms with Crippen LogP contribution in [0.5, 0.6) is 5.75 Å². The number of hydrogen-bond donors (Lipinski definition) is 3. The van der Waals surface area contributed by atoms with Crippen LogP contribution < -0.4 is 11.1 Å². The summed E-state index contributed by atoms with van der Waals surface area (Å²) in [6.07, 6.45) is 1.57. The fraction of sp³-hybridized carbons (Fsp3) is 0.273. The van der Waals surface area contributed by atoms with Crippen molar-refractivity contribution in [3.63, 3.8) is 0 Å². The van der Waals surface area contributed by atoms with E-state index in [9.17, 15) is 5.11 Å². The van der Waals surface area contributed by atoms with Gasteiger partial charge in [0.25, 0.3) is 0 Å². The maximum absolute atomic E-state index is 10.3. The van der Waals surface area contributed by atoms with E-state index in [1.165, 1.54) is 5.56 Å². The number of phenolic OH excluding ortho intramolecular Hbond substituents is 1. The largest absolute Gasteiger partial charge is 0.507 e. The van der Waals surface area contributed by atoms with Crippen LogP contribution >= 0.6 is 11.6 Å². The highest BCUT2D eigenvalue weighted by molar-refractivity contribution is 6.30. The number of anilines is 1. The van der Waals surface area contributed by atoms with Gasteiger partial charge in [-0.25, -0.2) is 9.97 Å². The van der Waals surface area contributed by atoms with Crippen molar-refractivity contribution in [2.24, 2.45) is 5.73 Å². The Hall–Kier alpha value is -2.63. The van der Waals surface area contributed by atoms with Gasteiger partial charge in [0.15, 0.2) is 5.82 Å². The van der Waals surface area contributed by atoms with E-state index in [0.717, 1.165) is 23.5 Å². The average Bonchev–Trinajstić information content (AvgIpc) is 2.70. The highest BCUT2D eigenvalue weighted by Gasteiger charge is 2.16. The molecule has 0 radical (unpaired) electrons. The molecule has 0 saturated heterocycles. The third-order valence-electron chi connectivity index (χ3n) is 4.69. The summed E-state index contributed by atoms with van der Waals surface area (Å²) in [4.78, 5) is 9.36. The van der Waals surface area contributed by atoms with Crippen molar-refractivity contribution in [2.75, 3.05) is 11.9 Å². The van der Waals surface area contributed by atoms with Crippen molar-refractivity contribution in [3.8, 4) is 17.1 Å². The van der Waals surface area contributed by atoms with Crippen LogP contribution in [0.25, 0.3) is 11.4 Å². The molecule has 1 atom stereocenters. The van der Waals surface area contributed by atoms with Gasteiger partial charge in [-0.2, -0.15) is 0 Å². The average molecular weight is 397 g/mol. The lowest BCUT2D eigenvalue weighted by Gasteiger charge is -2.17. The number of rotatable bonds is 7. The first-order valence-electron chi connectivity index (χ1n) is 9.37. The number of aryl methyl sites for hydroxylation is 1. The Kier molecular flexibility index (Phi) is 6.49. The van der Waals surface area contributed by atoms with Crippen LogP contribution in [0.3, 0.4) is 0 Å². The molecule has 0 spiro atoms. The van der Waals surface area contributed by atoms with Gasteiger partial charge in [-0.3, -0.25) is 0 Å². The molecule has 0 aliphatic carbocycles. The molecule has 146 valence electrons. The van der Waals surface area contributed by atoms with Crippen molar-refractivity contribution in [1.82, 2.24) is 9.97 Å². The summed E-state index contributed by atoms with van der Waals surface area (Å²) in [5, 5.41) is 14.1. The molecule has 28 heavy (non-hydrogen) atoms. The van der Waals surface area contributed by atoms with Gasteiger partial charge >= 0.3 is 0 Å². The number of nitrogens with two attached hydrogens (primary N) is 1. The molecule has 1 unspecified atom stereocenters. The minimum atomic E-state index is 0.0304. The molecule has 1 heterocycles. The quantitative estimate of drug-likeness (QED) is 0.545. The highest BCUT2D eigenvalue weighted by atomic mass is 35.5. The molecule has 0 aliphatic rings. The Morgan fingerprint density at radius 1 is 1.14 bits per heavy atom. The van der Waals surface area contributed by atoms with Crippen LogP contribution in [0.15, 0.2) is 48.5 Å². The summed E-state index contributed by atoms with van der Waals surface area (Å²) in [7, 11) is 0. The Balaban J connectivity index is 2.04. The third kappa shape index (κ3) is 4.80. The molecule has 3 rings (SSSR count). The summed E-state index contributed by atoms with van der Waals surface area (Å²) >= 11 is 6.11. The first-order valence-corrected chi connectivity index (χ1v) is 9.75. The lowest BCUT2D eigenvalue weighted by atomic mass is 10.0. The van der Waals surface area contributed by atoms with Crippen molar-refractivity contribution < 1.29 is 5.11 Å². The number of benzene rings is 2. The smallest absolute Gasteiger partial charge is 0.165 e. The van der Waals surface area contributed by atoms with Crippen molar-refractivity contribution in [2.45, 2.75) is 32.7 Å². The minimum absolute atomic E-state index is 0.0304. The molecule has 5 nitrogen and oxygen atoms in total. The number of aromatic nitrogens is 2. The van der Waals surface area contributed by atoms with E-state index in [4.69, 9.17) is 22.3 Å². The summed E-state index contributed by atoms with van der Waals surface area (Å²) in [6, 6.07) is 15.1. The topological polar surface area (TPSA) is 84.1 Å². The fourth-order valence-electron chi connectivity index (χ4n) is 2.93. The number of aromatic hydroxyl groups is 1. The van der Waals surface area contributed by atoms with Crippen LogP contribution in [0, 0.1) is 6.92 Å². The Morgan fingerprint density at radius 2 is 1.89 bits per heavy atom. The molecule has 0 amide bonds. The SMILES string of the molecule is CCC(N)CNc1nc(-c2cc(Cl)ccc2O)nc(C)c1Cc1ccccc1. The van der Waals surface area contributed by atoms with Crippen molar-refractivity contribution in [3.05, 3.63) is 70.4 Å². The lowest BCUT2D eigenvalue weighted by molar-refractivity contribution is 0.477. The number of nitrogens with zero attached hydrogens (tertiary/aromatic N) is 2. The number of halogens is 1. The van der Waals surface area contributed by atoms with E-state index in [1.54, 1.807) is 18.2 Å². The highest BCUT2D eigenvalue weighted by Crippen LogP contribution is 2.32. The van der Waals surface area contributed by atoms with Gasteiger partial charge in [-0.1, -0.05) is 48.9 Å². The second-order valence-corrected chi connectivity index (χ2v) is 7.27. The molecular formula is C22H25ClN4O. The number of nitrogens with one attached hydrogen (secondary N) is 1. The maximum Gasteiger partial charge on any atom is 0.165 e. The first kappa shape index (κ1) is 20.1. The van der Waals surface area contributed by atoms with Crippen molar-refractivity contribution in [1.29, 1.82) is 0 Å². The van der Waals surface area contributed by atoms with E-state index in [2.05, 4.69) is 29.4 Å². The van der Waals surface area contributed by atoms with Gasteiger partial charge in [-0.05, 0) is 37.1 Å². The minimum Gasteiger partial charge on any atom is -0.507 e. The van der Waals surface area contributed by atoms with E-state index in [-0.39, 0.29) is 11.8 Å². The Bertz CT molecular complexity index is 947. The van der Waals surface area contributed by atoms with Gasteiger partial charge in [0, 0.05) is 35.3 Å². The zero-order valence-electron chi connectivity index (χ0n) is 16.1. The summed E-state index contributed by atoms with van der Waals surface area (Å²) in [5.74, 6) is 1.26. The molecule has 6 heteroatoms. The van der Waals surface area contributed by atoms with Gasteiger partial charge < -0.3 is 16.2 Å². The Labute approximate surface area is 170 Å². The second-order valence-electron chi connectivity index (χ2n) is 6.83. The van der Waals surface area contributed by atoms with Crippen molar-refractivity contribution >= 4 is 17.4 Å². The predicted molar refractivity (Wildman–Crippen MR) is 115 cm³/mol. The summed E-state index contributed by atoms with van der Waals surface area (Å²) in [6.45, 7) is 4.61. The van der Waals surface area contributed by atoms with Crippen LogP contribution in [0.4, 0.5) is 5.82 Å². The zero-order valence-corrected chi connectivity index (χ0v) is 16.9. The molecule has 1 aromatic heterocycles. The van der Waals surface area contributed by atoms with E-state index < -0.39 is 0 Å². The molecule has 0 saturated carbocycles. The molecule has 2 aromatic carbocycles. The van der Waals surface area contributed by atoms with Crippen LogP contribution in [0.2, 0.25) is 5.02 Å². The maximum atomic E-state index is 10.3. The van der Waals surface area contributed by atoms with E-state index >= 15 is 0 Å². The zero-order chi connectivity index (χ0) is 20.1. The molecule has 0 bridgehead atoms. The lowest BCUT2D eigenvalue weighted by Crippen LogP contribution is -2.29. The summed E-state index contributed by atoms with van der Waals surface area (Å²) < 4.78 is 0. The molecule has 0 fully saturated rings. The van der Waals surface area contributed by atoms with Crippen LogP contribution in [0.1, 0.15) is 30.2 Å². The van der Waals surface area contributed by atoms with Gasteiger partial charge in [-0.15, -0.1) is 0 Å².